The van der Waals surface area contributed by atoms with E-state index in [1.807, 2.05) is 36.4 Å². The molecular weight excluding hydrogens is 377 g/mol. The van der Waals surface area contributed by atoms with Gasteiger partial charge in [-0.1, -0.05) is 0 Å². The maximum absolute atomic E-state index is 11.4. The van der Waals surface area contributed by atoms with Gasteiger partial charge < -0.3 is 14.2 Å². The molecule has 0 bridgehead atoms. The van der Waals surface area contributed by atoms with E-state index in [9.17, 15) is 9.59 Å². The zero-order valence-corrected chi connectivity index (χ0v) is 14.1. The lowest BCUT2D eigenvalue weighted by atomic mass is 10.1. The van der Waals surface area contributed by atoms with Crippen LogP contribution in [0.5, 0.6) is 11.5 Å². The molecule has 1 N–H and O–H groups in total. The van der Waals surface area contributed by atoms with Gasteiger partial charge in [-0.2, -0.15) is 0 Å². The summed E-state index contributed by atoms with van der Waals surface area (Å²) in [7, 11) is 2.78. The van der Waals surface area contributed by atoms with Crippen LogP contribution < -0.4 is 14.8 Å². The van der Waals surface area contributed by atoms with Crippen LogP contribution in [0.1, 0.15) is 18.1 Å². The van der Waals surface area contributed by atoms with Crippen LogP contribution in [0.3, 0.4) is 0 Å². The molecule has 110 valence electrons. The third-order valence-corrected chi connectivity index (χ3v) is 3.79. The van der Waals surface area contributed by atoms with Crippen molar-refractivity contribution in [3.8, 4) is 11.5 Å². The largest absolute Gasteiger partial charge is 0.493 e. The molecule has 0 saturated carbocycles. The number of anilines is 1. The van der Waals surface area contributed by atoms with Gasteiger partial charge in [-0.05, 0) is 47.6 Å². The topological polar surface area (TPSA) is 73.9 Å². The number of amides is 1. The first-order valence-electron chi connectivity index (χ1n) is 5.73. The maximum Gasteiger partial charge on any atom is 0.411 e. The molecule has 6 nitrogen and oxygen atoms in total. The van der Waals surface area contributed by atoms with Crippen LogP contribution in [0.4, 0.5) is 10.5 Å². The first-order valence-corrected chi connectivity index (χ1v) is 6.81. The van der Waals surface area contributed by atoms with E-state index in [-0.39, 0.29) is 5.75 Å². The predicted molar refractivity (Wildman–Crippen MR) is 82.5 cm³/mol. The minimum Gasteiger partial charge on any atom is -0.493 e. The molecule has 0 radical (unpaired) electrons. The third-order valence-electron chi connectivity index (χ3n) is 2.77. The second-order valence-electron chi connectivity index (χ2n) is 4.01. The average Bonchev–Trinajstić information content (AvgIpc) is 2.40. The molecule has 0 spiro atoms. The SMILES string of the molecule is COC(=O)Nc1c(C)c(C)c(OC)c(OC(C)=O)c1I. The Kier molecular flexibility index (Phi) is 5.61. The predicted octanol–water partition coefficient (Wildman–Crippen LogP) is 3.02. The fraction of sp³-hybridized carbons (Fsp3) is 0.385. The first kappa shape index (κ1) is 16.5. The van der Waals surface area contributed by atoms with Crippen LogP contribution in [0.15, 0.2) is 0 Å². The third kappa shape index (κ3) is 3.33. The molecule has 0 aliphatic carbocycles. The van der Waals surface area contributed by atoms with Crippen molar-refractivity contribution in [3.63, 3.8) is 0 Å². The van der Waals surface area contributed by atoms with Gasteiger partial charge >= 0.3 is 12.1 Å². The lowest BCUT2D eigenvalue weighted by Gasteiger charge is -2.19. The van der Waals surface area contributed by atoms with Crippen LogP contribution in [-0.4, -0.2) is 26.3 Å². The fourth-order valence-electron chi connectivity index (χ4n) is 1.69. The molecule has 1 amide bonds. The minimum atomic E-state index is -0.593. The van der Waals surface area contributed by atoms with Crippen molar-refractivity contribution in [2.75, 3.05) is 19.5 Å². The van der Waals surface area contributed by atoms with Gasteiger partial charge in [0.1, 0.15) is 0 Å². The molecule has 1 aromatic rings. The number of methoxy groups -OCH3 is 2. The molecule has 1 aromatic carbocycles. The highest BCUT2D eigenvalue weighted by atomic mass is 127. The van der Waals surface area contributed by atoms with Gasteiger partial charge in [-0.15, -0.1) is 0 Å². The Morgan fingerprint density at radius 1 is 1.10 bits per heavy atom. The lowest BCUT2D eigenvalue weighted by Crippen LogP contribution is -2.15. The molecule has 0 aromatic heterocycles. The maximum atomic E-state index is 11.4. The summed E-state index contributed by atoms with van der Waals surface area (Å²) in [5, 5.41) is 2.62. The number of carbonyl (C=O) groups is 2. The number of carbonyl (C=O) groups excluding carboxylic acids is 2. The van der Waals surface area contributed by atoms with Crippen molar-refractivity contribution < 1.29 is 23.8 Å². The molecule has 20 heavy (non-hydrogen) atoms. The molecule has 0 heterocycles. The van der Waals surface area contributed by atoms with Gasteiger partial charge in [0, 0.05) is 6.92 Å². The van der Waals surface area contributed by atoms with Gasteiger partial charge in [0.05, 0.1) is 23.5 Å². The summed E-state index contributed by atoms with van der Waals surface area (Å²) >= 11 is 1.99. The molecule has 7 heteroatoms. The van der Waals surface area contributed by atoms with E-state index in [4.69, 9.17) is 9.47 Å². The molecule has 0 unspecified atom stereocenters. The Labute approximate surface area is 130 Å². The van der Waals surface area contributed by atoms with Crippen molar-refractivity contribution in [2.45, 2.75) is 20.8 Å². The Bertz CT molecular complexity index is 556. The molecule has 0 aliphatic heterocycles. The summed E-state index contributed by atoms with van der Waals surface area (Å²) in [5.74, 6) is 0.293. The van der Waals surface area contributed by atoms with E-state index in [1.54, 1.807) is 0 Å². The average molecular weight is 393 g/mol. The lowest BCUT2D eigenvalue weighted by molar-refractivity contribution is -0.132. The summed E-state index contributed by atoms with van der Waals surface area (Å²) in [5.41, 5.74) is 2.12. The van der Waals surface area contributed by atoms with Crippen molar-refractivity contribution in [1.82, 2.24) is 0 Å². The van der Waals surface area contributed by atoms with Crippen LogP contribution in [0, 0.1) is 17.4 Å². The van der Waals surface area contributed by atoms with Crippen LogP contribution in [0.2, 0.25) is 0 Å². The number of halogens is 1. The molecule has 0 atom stereocenters. The van der Waals surface area contributed by atoms with E-state index in [0.29, 0.717) is 15.0 Å². The Morgan fingerprint density at radius 2 is 1.70 bits per heavy atom. The second kappa shape index (κ2) is 6.78. The smallest absolute Gasteiger partial charge is 0.411 e. The fourth-order valence-corrected chi connectivity index (χ4v) is 2.58. The number of hydrogen-bond acceptors (Lipinski definition) is 5. The molecule has 0 fully saturated rings. The molecular formula is C13H16INO5. The van der Waals surface area contributed by atoms with Crippen LogP contribution in [0.25, 0.3) is 0 Å². The first-order chi connectivity index (χ1) is 9.33. The van der Waals surface area contributed by atoms with Gasteiger partial charge in [-0.3, -0.25) is 10.1 Å². The van der Waals surface area contributed by atoms with E-state index in [2.05, 4.69) is 10.1 Å². The Morgan fingerprint density at radius 3 is 2.15 bits per heavy atom. The summed E-state index contributed by atoms with van der Waals surface area (Å²) in [6.07, 6.45) is -0.593. The van der Waals surface area contributed by atoms with E-state index < -0.39 is 12.1 Å². The number of nitrogens with one attached hydrogen (secondary N) is 1. The Hall–Kier alpha value is -1.51. The van der Waals surface area contributed by atoms with Crippen LogP contribution in [-0.2, 0) is 9.53 Å². The summed E-state index contributed by atoms with van der Waals surface area (Å²) in [6.45, 7) is 4.96. The van der Waals surface area contributed by atoms with E-state index in [1.165, 1.54) is 21.1 Å². The van der Waals surface area contributed by atoms with Gasteiger partial charge in [-0.25, -0.2) is 4.79 Å². The zero-order valence-electron chi connectivity index (χ0n) is 11.9. The van der Waals surface area contributed by atoms with Crippen molar-refractivity contribution in [3.05, 3.63) is 14.7 Å². The second-order valence-corrected chi connectivity index (χ2v) is 5.09. The van der Waals surface area contributed by atoms with Crippen molar-refractivity contribution in [1.29, 1.82) is 0 Å². The number of esters is 1. The van der Waals surface area contributed by atoms with Gasteiger partial charge in [0.2, 0.25) is 0 Å². The quantitative estimate of drug-likeness (QED) is 0.486. The highest BCUT2D eigenvalue weighted by Crippen LogP contribution is 2.43. The highest BCUT2D eigenvalue weighted by molar-refractivity contribution is 14.1. The molecule has 0 saturated heterocycles. The Balaban J connectivity index is 3.49. The molecule has 1 rings (SSSR count). The zero-order chi connectivity index (χ0) is 15.4. The summed E-state index contributed by atoms with van der Waals surface area (Å²) in [4.78, 5) is 22.6. The van der Waals surface area contributed by atoms with Crippen molar-refractivity contribution in [2.24, 2.45) is 0 Å². The monoisotopic (exact) mass is 393 g/mol. The normalized spacial score (nSPS) is 9.90. The number of rotatable bonds is 3. The van der Waals surface area contributed by atoms with Gasteiger partial charge in [0.25, 0.3) is 0 Å². The summed E-state index contributed by atoms with van der Waals surface area (Å²) < 4.78 is 15.7. The van der Waals surface area contributed by atoms with E-state index >= 15 is 0 Å². The highest BCUT2D eigenvalue weighted by Gasteiger charge is 2.23. The van der Waals surface area contributed by atoms with Crippen LogP contribution >= 0.6 is 22.6 Å². The van der Waals surface area contributed by atoms with Crippen molar-refractivity contribution >= 4 is 40.3 Å². The van der Waals surface area contributed by atoms with E-state index in [0.717, 1.165) is 11.1 Å². The van der Waals surface area contributed by atoms with Gasteiger partial charge in [0.15, 0.2) is 11.5 Å². The number of hydrogen-bond donors (Lipinski definition) is 1. The minimum absolute atomic E-state index is 0.287. The molecule has 0 aliphatic rings. The summed E-state index contributed by atoms with van der Waals surface area (Å²) in [6, 6.07) is 0. The standard InChI is InChI=1S/C13H16INO5/c1-6-7(2)11(18-4)12(20-8(3)16)9(14)10(6)15-13(17)19-5/h1-5H3,(H,15,17). The number of ether oxygens (including phenoxy) is 3. The number of benzene rings is 1.